The molecule has 0 bridgehead atoms. The molecule has 4 atom stereocenters. The number of hydrogen-bond acceptors (Lipinski definition) is 5. The molecule has 1 aliphatic rings. The second-order valence-electron chi connectivity index (χ2n) is 13.0. The fourth-order valence-electron chi connectivity index (χ4n) is 5.72. The minimum absolute atomic E-state index is 0.101. The largest absolute Gasteiger partial charge is 0.361 e. The summed E-state index contributed by atoms with van der Waals surface area (Å²) in [7, 11) is 0. The quantitative estimate of drug-likeness (QED) is 0.141. The van der Waals surface area contributed by atoms with Crippen molar-refractivity contribution in [3.63, 3.8) is 0 Å². The highest BCUT2D eigenvalue weighted by Crippen LogP contribution is 2.30. The van der Waals surface area contributed by atoms with Crippen molar-refractivity contribution in [2.24, 2.45) is 5.92 Å². The lowest BCUT2D eigenvalue weighted by atomic mass is 9.93. The third-order valence-corrected chi connectivity index (χ3v) is 8.52. The van der Waals surface area contributed by atoms with Gasteiger partial charge in [0.15, 0.2) is 5.78 Å². The standard InChI is InChI=1S/C40H43N3O5/c1-27(2)23-34(37(45)40(3)26-48-40)43-39(47)35(24-28-13-7-4-8-14-28)41-36(44)25-33(31-17-11-6-12-18-31)42-38(46)32-21-19-30(20-22-32)29-15-9-5-10-16-29/h4-22,27,33-35H,23-26H2,1-3H3,(H,41,44)(H,42,46)(H,43,47)/t33?,34-,35-,40+/m0/s1. The Kier molecular flexibility index (Phi) is 11.2. The van der Waals surface area contributed by atoms with Crippen LogP contribution in [0.3, 0.4) is 0 Å². The molecule has 0 radical (unpaired) electrons. The molecule has 8 nitrogen and oxygen atoms in total. The Labute approximate surface area is 282 Å². The number of carbonyl (C=O) groups excluding carboxylic acids is 4. The molecule has 8 heteroatoms. The zero-order valence-corrected chi connectivity index (χ0v) is 27.6. The number of ketones is 1. The highest BCUT2D eigenvalue weighted by atomic mass is 16.6. The van der Waals surface area contributed by atoms with Gasteiger partial charge < -0.3 is 20.7 Å². The Morgan fingerprint density at radius 1 is 0.708 bits per heavy atom. The van der Waals surface area contributed by atoms with Crippen LogP contribution >= 0.6 is 0 Å². The summed E-state index contributed by atoms with van der Waals surface area (Å²) >= 11 is 0. The first kappa shape index (κ1) is 34.3. The molecule has 0 saturated carbocycles. The lowest BCUT2D eigenvalue weighted by Gasteiger charge is -2.26. The van der Waals surface area contributed by atoms with E-state index in [1.165, 1.54) is 0 Å². The maximum Gasteiger partial charge on any atom is 0.251 e. The van der Waals surface area contributed by atoms with Crippen LogP contribution in [0.4, 0.5) is 0 Å². The van der Waals surface area contributed by atoms with Crippen LogP contribution in [0.25, 0.3) is 11.1 Å². The van der Waals surface area contributed by atoms with Gasteiger partial charge in [0.25, 0.3) is 5.91 Å². The third kappa shape index (κ3) is 9.26. The second kappa shape index (κ2) is 15.7. The van der Waals surface area contributed by atoms with Gasteiger partial charge in [0, 0.05) is 12.0 Å². The van der Waals surface area contributed by atoms with Crippen molar-refractivity contribution in [1.29, 1.82) is 0 Å². The minimum atomic E-state index is -0.951. The second-order valence-corrected chi connectivity index (χ2v) is 13.0. The summed E-state index contributed by atoms with van der Waals surface area (Å²) in [5.74, 6) is -1.20. The summed E-state index contributed by atoms with van der Waals surface area (Å²) in [6.45, 7) is 6.03. The van der Waals surface area contributed by atoms with E-state index in [-0.39, 0.29) is 30.4 Å². The predicted octanol–water partition coefficient (Wildman–Crippen LogP) is 5.83. The van der Waals surface area contributed by atoms with Crippen LogP contribution in [-0.2, 0) is 25.5 Å². The van der Waals surface area contributed by atoms with Gasteiger partial charge in [-0.15, -0.1) is 0 Å². The van der Waals surface area contributed by atoms with E-state index in [1.54, 1.807) is 19.1 Å². The molecule has 1 unspecified atom stereocenters. The van der Waals surface area contributed by atoms with Crippen LogP contribution in [0.15, 0.2) is 115 Å². The molecular weight excluding hydrogens is 602 g/mol. The lowest BCUT2D eigenvalue weighted by Crippen LogP contribution is -2.54. The number of ether oxygens (including phenoxy) is 1. The van der Waals surface area contributed by atoms with Gasteiger partial charge in [-0.05, 0) is 53.6 Å². The number of carbonyl (C=O) groups is 4. The highest BCUT2D eigenvalue weighted by Gasteiger charge is 2.50. The van der Waals surface area contributed by atoms with Gasteiger partial charge >= 0.3 is 0 Å². The lowest BCUT2D eigenvalue weighted by molar-refractivity contribution is -0.133. The van der Waals surface area contributed by atoms with E-state index in [0.29, 0.717) is 18.6 Å². The zero-order valence-electron chi connectivity index (χ0n) is 27.6. The van der Waals surface area contributed by atoms with Gasteiger partial charge in [-0.25, -0.2) is 0 Å². The van der Waals surface area contributed by atoms with E-state index < -0.39 is 35.5 Å². The predicted molar refractivity (Wildman–Crippen MR) is 186 cm³/mol. The Balaban J connectivity index is 1.32. The van der Waals surface area contributed by atoms with Crippen molar-refractivity contribution in [3.05, 3.63) is 132 Å². The third-order valence-electron chi connectivity index (χ3n) is 8.52. The monoisotopic (exact) mass is 645 g/mol. The van der Waals surface area contributed by atoms with Crippen LogP contribution < -0.4 is 16.0 Å². The van der Waals surface area contributed by atoms with Gasteiger partial charge in [0.2, 0.25) is 11.8 Å². The molecule has 1 aliphatic heterocycles. The fourth-order valence-corrected chi connectivity index (χ4v) is 5.72. The number of benzene rings is 4. The summed E-state index contributed by atoms with van der Waals surface area (Å²) < 4.78 is 5.39. The zero-order chi connectivity index (χ0) is 34.1. The number of nitrogens with one attached hydrogen (secondary N) is 3. The number of Topliss-reactive ketones (excluding diaryl/α,β-unsaturated/α-hetero) is 1. The first-order valence-electron chi connectivity index (χ1n) is 16.4. The number of epoxide rings is 1. The molecule has 3 amide bonds. The maximum atomic E-state index is 13.8. The number of amides is 3. The van der Waals surface area contributed by atoms with Crippen molar-refractivity contribution >= 4 is 23.5 Å². The fraction of sp³-hybridized carbons (Fsp3) is 0.300. The number of hydrogen-bond donors (Lipinski definition) is 3. The molecule has 0 spiro atoms. The summed E-state index contributed by atoms with van der Waals surface area (Å²) in [5.41, 5.74) is 3.22. The Hall–Kier alpha value is -5.08. The maximum absolute atomic E-state index is 13.8. The topological polar surface area (TPSA) is 117 Å². The minimum Gasteiger partial charge on any atom is -0.361 e. The Bertz CT molecular complexity index is 1690. The van der Waals surface area contributed by atoms with Crippen molar-refractivity contribution in [3.8, 4) is 11.1 Å². The van der Waals surface area contributed by atoms with Crippen molar-refractivity contribution < 1.29 is 23.9 Å². The average molecular weight is 646 g/mol. The van der Waals surface area contributed by atoms with E-state index >= 15 is 0 Å². The van der Waals surface area contributed by atoms with Gasteiger partial charge in [-0.2, -0.15) is 0 Å². The van der Waals surface area contributed by atoms with Crippen LogP contribution in [0, 0.1) is 5.92 Å². The van der Waals surface area contributed by atoms with Gasteiger partial charge in [0.05, 0.1) is 25.1 Å². The highest BCUT2D eigenvalue weighted by molar-refractivity contribution is 5.98. The number of rotatable bonds is 15. The van der Waals surface area contributed by atoms with E-state index in [0.717, 1.165) is 22.3 Å². The summed E-state index contributed by atoms with van der Waals surface area (Å²) in [5, 5.41) is 8.86. The van der Waals surface area contributed by atoms with E-state index in [9.17, 15) is 19.2 Å². The van der Waals surface area contributed by atoms with E-state index in [2.05, 4.69) is 16.0 Å². The van der Waals surface area contributed by atoms with Gasteiger partial charge in [-0.3, -0.25) is 19.2 Å². The molecule has 1 fully saturated rings. The molecule has 0 aromatic heterocycles. The first-order chi connectivity index (χ1) is 23.1. The molecule has 48 heavy (non-hydrogen) atoms. The van der Waals surface area contributed by atoms with Crippen molar-refractivity contribution in [2.45, 2.75) is 63.8 Å². The van der Waals surface area contributed by atoms with Crippen LogP contribution in [0.5, 0.6) is 0 Å². The molecule has 4 aromatic carbocycles. The van der Waals surface area contributed by atoms with Crippen molar-refractivity contribution in [2.75, 3.05) is 6.61 Å². The van der Waals surface area contributed by atoms with Gasteiger partial charge in [0.1, 0.15) is 11.6 Å². The Morgan fingerprint density at radius 2 is 1.27 bits per heavy atom. The Morgan fingerprint density at radius 3 is 1.85 bits per heavy atom. The first-order valence-corrected chi connectivity index (χ1v) is 16.4. The molecule has 3 N–H and O–H groups in total. The normalized spacial score (nSPS) is 17.1. The smallest absolute Gasteiger partial charge is 0.251 e. The molecule has 1 heterocycles. The van der Waals surface area contributed by atoms with Crippen LogP contribution in [0.1, 0.15) is 61.1 Å². The van der Waals surface area contributed by atoms with Crippen molar-refractivity contribution in [1.82, 2.24) is 16.0 Å². The molecule has 248 valence electrons. The summed E-state index contributed by atoms with van der Waals surface area (Å²) in [4.78, 5) is 54.2. The molecule has 5 rings (SSSR count). The molecule has 0 aliphatic carbocycles. The average Bonchev–Trinajstić information content (AvgIpc) is 3.86. The summed E-state index contributed by atoms with van der Waals surface area (Å²) in [6.07, 6.45) is 0.575. The van der Waals surface area contributed by atoms with Crippen LogP contribution in [-0.4, -0.2) is 47.8 Å². The van der Waals surface area contributed by atoms with E-state index in [1.807, 2.05) is 117 Å². The molecular formula is C40H43N3O5. The van der Waals surface area contributed by atoms with E-state index in [4.69, 9.17) is 4.74 Å². The van der Waals surface area contributed by atoms with Crippen LogP contribution in [0.2, 0.25) is 0 Å². The SMILES string of the molecule is CC(C)C[C@H](NC(=O)[C@H](Cc1ccccc1)NC(=O)CC(NC(=O)c1ccc(-c2ccccc2)cc1)c1ccccc1)C(=O)[C@@]1(C)CO1. The molecule has 4 aromatic rings. The van der Waals surface area contributed by atoms with Gasteiger partial charge in [-0.1, -0.05) is 117 Å². The molecule has 1 saturated heterocycles. The summed E-state index contributed by atoms with van der Waals surface area (Å²) in [6, 6.07) is 33.5.